The highest BCUT2D eigenvalue weighted by Gasteiger charge is 2.23. The zero-order valence-corrected chi connectivity index (χ0v) is 13.1. The molecule has 1 saturated carbocycles. The maximum Gasteiger partial charge on any atom is 0.178 e. The summed E-state index contributed by atoms with van der Waals surface area (Å²) in [5, 5.41) is 10.0. The van der Waals surface area contributed by atoms with Gasteiger partial charge in [-0.1, -0.05) is 31.4 Å². The minimum Gasteiger partial charge on any atom is -0.388 e. The normalized spacial score (nSPS) is 20.8. The van der Waals surface area contributed by atoms with Crippen molar-refractivity contribution in [3.05, 3.63) is 29.8 Å². The third-order valence-electron chi connectivity index (χ3n) is 4.10. The summed E-state index contributed by atoms with van der Waals surface area (Å²) in [5.41, 5.74) is 5.83. The highest BCUT2D eigenvalue weighted by molar-refractivity contribution is 7.91. The summed E-state index contributed by atoms with van der Waals surface area (Å²) in [6.45, 7) is 0.0280. The second-order valence-electron chi connectivity index (χ2n) is 5.77. The molecule has 2 atom stereocenters. The van der Waals surface area contributed by atoms with E-state index in [-0.39, 0.29) is 23.1 Å². The van der Waals surface area contributed by atoms with E-state index in [1.165, 1.54) is 12.5 Å². The Morgan fingerprint density at radius 2 is 2.05 bits per heavy atom. The molecule has 21 heavy (non-hydrogen) atoms. The number of hydrogen-bond donors (Lipinski definition) is 2. The lowest BCUT2D eigenvalue weighted by atomic mass is 9.91. The van der Waals surface area contributed by atoms with E-state index in [0.717, 1.165) is 25.7 Å². The Hall–Kier alpha value is -0.910. The van der Waals surface area contributed by atoms with Crippen LogP contribution in [0.1, 0.15) is 51.5 Å². The van der Waals surface area contributed by atoms with Crippen LogP contribution in [0.4, 0.5) is 0 Å². The molecule has 0 radical (unpaired) electrons. The molecule has 1 aliphatic carbocycles. The van der Waals surface area contributed by atoms with Gasteiger partial charge in [0.25, 0.3) is 0 Å². The third-order valence-corrected chi connectivity index (χ3v) is 5.98. The van der Waals surface area contributed by atoms with Gasteiger partial charge in [-0.2, -0.15) is 0 Å². The van der Waals surface area contributed by atoms with Crippen LogP contribution in [0.3, 0.4) is 0 Å². The molecule has 5 heteroatoms. The molecule has 0 saturated heterocycles. The van der Waals surface area contributed by atoms with Crippen molar-refractivity contribution in [3.63, 3.8) is 0 Å². The first-order chi connectivity index (χ1) is 10.4. The van der Waals surface area contributed by atoms with E-state index >= 15 is 0 Å². The maximum absolute atomic E-state index is 12.6. The van der Waals surface area contributed by atoms with Crippen molar-refractivity contribution >= 4 is 9.84 Å². The molecule has 118 valence electrons. The van der Waals surface area contributed by atoms with E-state index in [9.17, 15) is 13.5 Å². The fourth-order valence-electron chi connectivity index (χ4n) is 2.92. The van der Waals surface area contributed by atoms with Crippen molar-refractivity contribution in [1.82, 2.24) is 0 Å². The predicted octanol–water partition coefficient (Wildman–Crippen LogP) is 2.42. The lowest BCUT2D eigenvalue weighted by molar-refractivity contribution is 0.170. The zero-order chi connectivity index (χ0) is 16.2. The number of benzene rings is 1. The van der Waals surface area contributed by atoms with Gasteiger partial charge < -0.3 is 10.8 Å². The molecule has 4 nitrogen and oxygen atoms in total. The highest BCUT2D eigenvalue weighted by atomic mass is 32.2. The second-order valence-corrected chi connectivity index (χ2v) is 7.81. The summed E-state index contributed by atoms with van der Waals surface area (Å²) < 4.78 is 32.8. The molecule has 0 heterocycles. The Labute approximate surface area is 128 Å². The summed E-state index contributed by atoms with van der Waals surface area (Å²) >= 11 is 0. The van der Waals surface area contributed by atoms with Crippen molar-refractivity contribution in [2.45, 2.75) is 49.5 Å². The average molecular weight is 312 g/mol. The van der Waals surface area contributed by atoms with Crippen LogP contribution >= 0.6 is 0 Å². The largest absolute Gasteiger partial charge is 0.388 e. The molecule has 2 unspecified atom stereocenters. The van der Waals surface area contributed by atoms with Crippen LogP contribution in [0.5, 0.6) is 0 Å². The molecule has 2 rings (SSSR count). The minimum atomic E-state index is -3.35. The van der Waals surface area contributed by atoms with E-state index in [4.69, 9.17) is 7.10 Å². The number of nitrogens with two attached hydrogens (primary N) is 1. The van der Waals surface area contributed by atoms with E-state index in [1.54, 1.807) is 18.2 Å². The fourth-order valence-corrected chi connectivity index (χ4v) is 4.67. The molecular formula is C16H25NO3S. The summed E-state index contributed by atoms with van der Waals surface area (Å²) in [5.74, 6) is 0.411. The van der Waals surface area contributed by atoms with Crippen molar-refractivity contribution < 1.29 is 14.9 Å². The van der Waals surface area contributed by atoms with E-state index in [1.807, 2.05) is 0 Å². The maximum atomic E-state index is 12.6. The molecule has 0 bridgehead atoms. The Morgan fingerprint density at radius 3 is 2.71 bits per heavy atom. The summed E-state index contributed by atoms with van der Waals surface area (Å²) in [6, 6.07) is 6.31. The first-order valence-electron chi connectivity index (χ1n) is 8.15. The van der Waals surface area contributed by atoms with Crippen LogP contribution in [0.25, 0.3) is 0 Å². The molecule has 0 spiro atoms. The lowest BCUT2D eigenvalue weighted by Gasteiger charge is -2.21. The summed E-state index contributed by atoms with van der Waals surface area (Å²) in [4.78, 5) is 0.235. The monoisotopic (exact) mass is 312 g/mol. The van der Waals surface area contributed by atoms with Gasteiger partial charge in [-0.25, -0.2) is 8.42 Å². The number of sulfone groups is 1. The summed E-state index contributed by atoms with van der Waals surface area (Å²) in [7, 11) is -3.35. The van der Waals surface area contributed by atoms with Crippen LogP contribution in [0.15, 0.2) is 29.2 Å². The Kier molecular flexibility index (Phi) is 5.27. The smallest absolute Gasteiger partial charge is 0.178 e. The van der Waals surface area contributed by atoms with Crippen molar-refractivity contribution in [3.8, 4) is 0 Å². The van der Waals surface area contributed by atoms with Crippen molar-refractivity contribution in [2.75, 3.05) is 12.3 Å². The van der Waals surface area contributed by atoms with E-state index < -0.39 is 22.3 Å². The fraction of sp³-hybridized carbons (Fsp3) is 0.625. The predicted molar refractivity (Wildman–Crippen MR) is 83.7 cm³/mol. The topological polar surface area (TPSA) is 80.4 Å². The lowest BCUT2D eigenvalue weighted by Crippen LogP contribution is -2.19. The zero-order valence-electron chi connectivity index (χ0n) is 13.2. The van der Waals surface area contributed by atoms with Gasteiger partial charge in [0.15, 0.2) is 9.84 Å². The number of rotatable bonds is 6. The molecule has 0 aromatic heterocycles. The molecule has 3 N–H and O–H groups in total. The molecular weight excluding hydrogens is 286 g/mol. The van der Waals surface area contributed by atoms with Crippen molar-refractivity contribution in [1.29, 1.82) is 0 Å². The summed E-state index contributed by atoms with van der Waals surface area (Å²) in [6.07, 6.45) is 3.45. The molecule has 0 aliphatic heterocycles. The van der Waals surface area contributed by atoms with Crippen LogP contribution < -0.4 is 5.73 Å². The first-order valence-corrected chi connectivity index (χ1v) is 9.22. The van der Waals surface area contributed by atoms with E-state index in [2.05, 4.69) is 0 Å². The van der Waals surface area contributed by atoms with Gasteiger partial charge in [-0.15, -0.1) is 0 Å². The molecule has 1 aromatic carbocycles. The number of aliphatic hydroxyl groups excluding tert-OH is 1. The second kappa shape index (κ2) is 7.38. The van der Waals surface area contributed by atoms with Gasteiger partial charge in [0.1, 0.15) is 0 Å². The van der Waals surface area contributed by atoms with Gasteiger partial charge in [0, 0.05) is 1.37 Å². The van der Waals surface area contributed by atoms with Gasteiger partial charge in [0.2, 0.25) is 0 Å². The van der Waals surface area contributed by atoms with Gasteiger partial charge in [-0.05, 0) is 49.4 Å². The SMILES string of the molecule is [2H]C(CN)C(O)c1cccc(S(=O)(=O)CC2CCCCC2)c1. The van der Waals surface area contributed by atoms with Crippen LogP contribution in [0.2, 0.25) is 0 Å². The third kappa shape index (κ3) is 4.53. The average Bonchev–Trinajstić information content (AvgIpc) is 2.54. The quantitative estimate of drug-likeness (QED) is 0.845. The molecule has 1 fully saturated rings. The Balaban J connectivity index is 2.16. The van der Waals surface area contributed by atoms with Gasteiger partial charge >= 0.3 is 0 Å². The van der Waals surface area contributed by atoms with Crippen molar-refractivity contribution in [2.24, 2.45) is 11.7 Å². The minimum absolute atomic E-state index is 0.0280. The molecule has 1 aliphatic rings. The Bertz CT molecular complexity index is 585. The van der Waals surface area contributed by atoms with Crippen LogP contribution in [-0.2, 0) is 9.84 Å². The van der Waals surface area contributed by atoms with Crippen LogP contribution in [0, 0.1) is 5.92 Å². The first kappa shape index (κ1) is 15.0. The van der Waals surface area contributed by atoms with Gasteiger partial charge in [0.05, 0.1) is 16.8 Å². The van der Waals surface area contributed by atoms with Crippen LogP contribution in [-0.4, -0.2) is 25.8 Å². The molecule has 0 amide bonds. The molecule has 1 aromatic rings. The number of aliphatic hydroxyl groups is 1. The highest BCUT2D eigenvalue weighted by Crippen LogP contribution is 2.28. The number of hydrogen-bond acceptors (Lipinski definition) is 4. The standard InChI is InChI=1S/C16H25NO3S/c17-10-9-16(18)14-7-4-8-15(11-14)21(19,20)12-13-5-2-1-3-6-13/h4,7-8,11,13,16,18H,1-3,5-6,9-10,12,17H2/i9D. The van der Waals surface area contributed by atoms with E-state index in [0.29, 0.717) is 5.56 Å². The Morgan fingerprint density at radius 1 is 1.33 bits per heavy atom. The van der Waals surface area contributed by atoms with Gasteiger partial charge in [-0.3, -0.25) is 0 Å².